The molecule has 0 aliphatic rings. The minimum Gasteiger partial charge on any atom is -0.311 e. The zero-order chi connectivity index (χ0) is 10.5. The summed E-state index contributed by atoms with van der Waals surface area (Å²) in [5.41, 5.74) is 2.23. The van der Waals surface area contributed by atoms with E-state index < -0.39 is 0 Å². The lowest BCUT2D eigenvalue weighted by Crippen LogP contribution is -2.17. The molecule has 0 unspecified atom stereocenters. The van der Waals surface area contributed by atoms with Gasteiger partial charge in [0.25, 0.3) is 0 Å². The molecule has 0 aromatic carbocycles. The van der Waals surface area contributed by atoms with Crippen LogP contribution in [-0.2, 0) is 20.0 Å². The third kappa shape index (κ3) is 2.92. The predicted octanol–water partition coefficient (Wildman–Crippen LogP) is 0.475. The molecule has 0 fully saturated rings. The molecule has 80 valence electrons. The molecule has 0 bridgehead atoms. The van der Waals surface area contributed by atoms with Gasteiger partial charge in [-0.15, -0.1) is 0 Å². The summed E-state index contributed by atoms with van der Waals surface area (Å²) in [7, 11) is 1.93. The summed E-state index contributed by atoms with van der Waals surface area (Å²) in [4.78, 5) is 0. The number of hydrogen-bond acceptors (Lipinski definition) is 3. The fourth-order valence-corrected chi connectivity index (χ4v) is 1.42. The van der Waals surface area contributed by atoms with Gasteiger partial charge in [-0.25, -0.2) is 0 Å². The Morgan fingerprint density at radius 3 is 3.07 bits per heavy atom. The minimum absolute atomic E-state index is 0.826. The van der Waals surface area contributed by atoms with Gasteiger partial charge in [-0.1, -0.05) is 0 Å². The van der Waals surface area contributed by atoms with Gasteiger partial charge in [0.15, 0.2) is 0 Å². The summed E-state index contributed by atoms with van der Waals surface area (Å²) < 4.78 is 1.82. The number of nitrogens with one attached hydrogen (secondary N) is 2. The van der Waals surface area contributed by atoms with E-state index in [-0.39, 0.29) is 0 Å². The number of aryl methyl sites for hydroxylation is 1. The average Bonchev–Trinajstić information content (AvgIpc) is 2.84. The van der Waals surface area contributed by atoms with E-state index in [0.29, 0.717) is 0 Å². The molecule has 0 saturated carbocycles. The van der Waals surface area contributed by atoms with Crippen LogP contribution in [0.15, 0.2) is 24.5 Å². The van der Waals surface area contributed by atoms with Gasteiger partial charge in [-0.3, -0.25) is 9.78 Å². The lowest BCUT2D eigenvalue weighted by Gasteiger charge is -2.00. The molecule has 15 heavy (non-hydrogen) atoms. The van der Waals surface area contributed by atoms with E-state index in [1.54, 1.807) is 6.20 Å². The van der Waals surface area contributed by atoms with Crippen molar-refractivity contribution in [3.8, 4) is 0 Å². The Balaban J connectivity index is 1.67. The summed E-state index contributed by atoms with van der Waals surface area (Å²) in [5, 5.41) is 14.4. The summed E-state index contributed by atoms with van der Waals surface area (Å²) in [5.74, 6) is 0. The van der Waals surface area contributed by atoms with E-state index in [1.807, 2.05) is 30.1 Å². The summed E-state index contributed by atoms with van der Waals surface area (Å²) in [6, 6.07) is 4.01. The number of hydrogen-bond donors (Lipinski definition) is 2. The molecule has 2 heterocycles. The first-order chi connectivity index (χ1) is 7.34. The van der Waals surface area contributed by atoms with Crippen LogP contribution in [-0.4, -0.2) is 26.5 Å². The Morgan fingerprint density at radius 1 is 1.47 bits per heavy atom. The Hall–Kier alpha value is -1.62. The van der Waals surface area contributed by atoms with Crippen LogP contribution < -0.4 is 5.32 Å². The molecule has 0 radical (unpaired) electrons. The maximum Gasteiger partial charge on any atom is 0.0637 e. The normalized spacial score (nSPS) is 10.7. The lowest BCUT2D eigenvalue weighted by atomic mass is 10.3. The molecular formula is C10H15N5. The fourth-order valence-electron chi connectivity index (χ4n) is 1.42. The molecule has 0 spiro atoms. The largest absolute Gasteiger partial charge is 0.311 e. The van der Waals surface area contributed by atoms with E-state index in [1.165, 1.54) is 0 Å². The molecule has 2 N–H and O–H groups in total. The van der Waals surface area contributed by atoms with E-state index in [2.05, 4.69) is 20.6 Å². The number of rotatable bonds is 5. The predicted molar refractivity (Wildman–Crippen MR) is 57.2 cm³/mol. The number of aromatic nitrogens is 4. The third-order valence-corrected chi connectivity index (χ3v) is 2.20. The molecule has 2 aromatic rings. The van der Waals surface area contributed by atoms with Crippen LogP contribution in [0.5, 0.6) is 0 Å². The zero-order valence-corrected chi connectivity index (χ0v) is 8.77. The SMILES string of the molecule is Cn1ccc(CCNCc2ccn[nH]2)n1. The Bertz CT molecular complexity index is 390. The molecule has 0 amide bonds. The monoisotopic (exact) mass is 205 g/mol. The van der Waals surface area contributed by atoms with Gasteiger partial charge in [-0.2, -0.15) is 10.2 Å². The third-order valence-electron chi connectivity index (χ3n) is 2.20. The van der Waals surface area contributed by atoms with Gasteiger partial charge in [-0.05, 0) is 12.1 Å². The van der Waals surface area contributed by atoms with Crippen LogP contribution >= 0.6 is 0 Å². The number of aromatic amines is 1. The maximum absolute atomic E-state index is 4.30. The van der Waals surface area contributed by atoms with Crippen molar-refractivity contribution >= 4 is 0 Å². The molecule has 2 rings (SSSR count). The summed E-state index contributed by atoms with van der Waals surface area (Å²) in [6.07, 6.45) is 4.68. The van der Waals surface area contributed by atoms with Gasteiger partial charge in [0.2, 0.25) is 0 Å². The van der Waals surface area contributed by atoms with E-state index >= 15 is 0 Å². The molecule has 5 nitrogen and oxygen atoms in total. The molecular weight excluding hydrogens is 190 g/mol. The van der Waals surface area contributed by atoms with Crippen molar-refractivity contribution in [2.75, 3.05) is 6.54 Å². The van der Waals surface area contributed by atoms with Crippen LogP contribution in [0, 0.1) is 0 Å². The quantitative estimate of drug-likeness (QED) is 0.698. The Morgan fingerprint density at radius 2 is 2.40 bits per heavy atom. The van der Waals surface area contributed by atoms with Crippen molar-refractivity contribution in [3.63, 3.8) is 0 Å². The first-order valence-corrected chi connectivity index (χ1v) is 5.02. The molecule has 5 heteroatoms. The van der Waals surface area contributed by atoms with Crippen LogP contribution in [0.25, 0.3) is 0 Å². The highest BCUT2D eigenvalue weighted by Crippen LogP contribution is 1.95. The Kier molecular flexibility index (Phi) is 3.14. The van der Waals surface area contributed by atoms with Crippen molar-refractivity contribution in [1.29, 1.82) is 0 Å². The highest BCUT2D eigenvalue weighted by atomic mass is 15.2. The van der Waals surface area contributed by atoms with E-state index in [4.69, 9.17) is 0 Å². The number of H-pyrrole nitrogens is 1. The van der Waals surface area contributed by atoms with Gasteiger partial charge in [0.1, 0.15) is 0 Å². The van der Waals surface area contributed by atoms with Crippen LogP contribution in [0.3, 0.4) is 0 Å². The summed E-state index contributed by atoms with van der Waals surface area (Å²) in [6.45, 7) is 1.75. The average molecular weight is 205 g/mol. The zero-order valence-electron chi connectivity index (χ0n) is 8.77. The second-order valence-electron chi connectivity index (χ2n) is 3.49. The highest BCUT2D eigenvalue weighted by molar-refractivity contribution is 5.00. The maximum atomic E-state index is 4.30. The van der Waals surface area contributed by atoms with Crippen molar-refractivity contribution in [3.05, 3.63) is 35.9 Å². The topological polar surface area (TPSA) is 58.5 Å². The minimum atomic E-state index is 0.826. The molecule has 0 aliphatic heterocycles. The Labute approximate surface area is 88.5 Å². The number of nitrogens with zero attached hydrogens (tertiary/aromatic N) is 3. The van der Waals surface area contributed by atoms with E-state index in [0.717, 1.165) is 30.9 Å². The molecule has 0 aliphatic carbocycles. The van der Waals surface area contributed by atoms with Gasteiger partial charge < -0.3 is 5.32 Å². The fraction of sp³-hybridized carbons (Fsp3) is 0.400. The summed E-state index contributed by atoms with van der Waals surface area (Å²) >= 11 is 0. The first-order valence-electron chi connectivity index (χ1n) is 5.02. The molecule has 0 saturated heterocycles. The molecule has 0 atom stereocenters. The van der Waals surface area contributed by atoms with Crippen LogP contribution in [0.1, 0.15) is 11.4 Å². The van der Waals surface area contributed by atoms with Gasteiger partial charge >= 0.3 is 0 Å². The first kappa shape index (κ1) is 9.92. The second-order valence-corrected chi connectivity index (χ2v) is 3.49. The second kappa shape index (κ2) is 4.75. The van der Waals surface area contributed by atoms with Crippen molar-refractivity contribution in [2.24, 2.45) is 7.05 Å². The van der Waals surface area contributed by atoms with Gasteiger partial charge in [0.05, 0.1) is 5.69 Å². The lowest BCUT2D eigenvalue weighted by molar-refractivity contribution is 0.655. The van der Waals surface area contributed by atoms with Gasteiger partial charge in [0, 0.05) is 44.6 Å². The van der Waals surface area contributed by atoms with Crippen molar-refractivity contribution in [2.45, 2.75) is 13.0 Å². The van der Waals surface area contributed by atoms with Crippen molar-refractivity contribution in [1.82, 2.24) is 25.3 Å². The van der Waals surface area contributed by atoms with Crippen molar-refractivity contribution < 1.29 is 0 Å². The smallest absolute Gasteiger partial charge is 0.0637 e. The van der Waals surface area contributed by atoms with E-state index in [9.17, 15) is 0 Å². The van der Waals surface area contributed by atoms with Crippen LogP contribution in [0.2, 0.25) is 0 Å². The standard InChI is InChI=1S/C10H15N5/c1-15-7-4-9(14-15)2-5-11-8-10-3-6-12-13-10/h3-4,6-7,11H,2,5,8H2,1H3,(H,12,13). The molecule has 2 aromatic heterocycles. The highest BCUT2D eigenvalue weighted by Gasteiger charge is 1.97. The van der Waals surface area contributed by atoms with Crippen LogP contribution in [0.4, 0.5) is 0 Å².